The van der Waals surface area contributed by atoms with Crippen LogP contribution in [0, 0.1) is 22.7 Å². The predicted octanol–water partition coefficient (Wildman–Crippen LogP) is -0.996. The molecule has 0 saturated heterocycles. The van der Waals surface area contributed by atoms with E-state index in [1.165, 1.54) is 6.07 Å². The zero-order chi connectivity index (χ0) is 30.3. The quantitative estimate of drug-likeness (QED) is 0.0734. The maximum Gasteiger partial charge on any atom is 0.296 e. The van der Waals surface area contributed by atoms with Crippen molar-refractivity contribution < 1.29 is 34.4 Å². The molecule has 0 saturated carbocycles. The maximum atomic E-state index is 12.5. The van der Waals surface area contributed by atoms with Gasteiger partial charge in [0.1, 0.15) is 22.9 Å². The van der Waals surface area contributed by atoms with Crippen LogP contribution in [0.3, 0.4) is 0 Å². The van der Waals surface area contributed by atoms with Gasteiger partial charge in [-0.2, -0.15) is 37.3 Å². The number of benzene rings is 2. The molecule has 9 N–H and O–H groups in total. The number of aliphatic imine (C=N–C) groups is 2. The van der Waals surface area contributed by atoms with Crippen LogP contribution in [-0.2, 0) is 30.3 Å². The van der Waals surface area contributed by atoms with Gasteiger partial charge in [-0.05, 0) is 36.4 Å². The Balaban J connectivity index is 2.21. The molecule has 20 heteroatoms. The van der Waals surface area contributed by atoms with Crippen LogP contribution < -0.4 is 26.8 Å². The molecule has 2 aromatic rings. The second-order valence-electron chi connectivity index (χ2n) is 7.41. The van der Waals surface area contributed by atoms with Crippen LogP contribution in [0.15, 0.2) is 73.5 Å². The number of sulfonamides is 1. The highest BCUT2D eigenvalue weighted by molar-refractivity contribution is 7.89. The first-order valence-electron chi connectivity index (χ1n) is 10.4. The minimum absolute atomic E-state index is 0.0101. The number of nitrogens with zero attached hydrogens (tertiary/aromatic N) is 4. The molecule has 0 aromatic heterocycles. The SMILES string of the molecule is C=C(/N=C(\N=C(N)N)Nc1cc(S(=O)(=O)O)ccc1S(=O)(=O)O)NCCNS(=O)(=O)c1ccc(C#N)c(C#N)c1. The Morgan fingerprint density at radius 1 is 0.875 bits per heavy atom. The highest BCUT2D eigenvalue weighted by atomic mass is 32.2. The fourth-order valence-electron chi connectivity index (χ4n) is 2.84. The van der Waals surface area contributed by atoms with Gasteiger partial charge in [-0.3, -0.25) is 9.11 Å². The summed E-state index contributed by atoms with van der Waals surface area (Å²) in [4.78, 5) is 5.71. The molecule has 0 amide bonds. The summed E-state index contributed by atoms with van der Waals surface area (Å²) >= 11 is 0. The largest absolute Gasteiger partial charge is 0.370 e. The third kappa shape index (κ3) is 8.74. The zero-order valence-corrected chi connectivity index (χ0v) is 22.5. The van der Waals surface area contributed by atoms with Gasteiger partial charge >= 0.3 is 0 Å². The van der Waals surface area contributed by atoms with E-state index < -0.39 is 57.7 Å². The average Bonchev–Trinajstić information content (AvgIpc) is 2.84. The Labute approximate surface area is 229 Å². The van der Waals surface area contributed by atoms with E-state index >= 15 is 0 Å². The Hall–Kier alpha value is -4.57. The van der Waals surface area contributed by atoms with E-state index in [-0.39, 0.29) is 34.9 Å². The summed E-state index contributed by atoms with van der Waals surface area (Å²) in [6, 6.07) is 8.99. The van der Waals surface area contributed by atoms with E-state index in [0.717, 1.165) is 18.2 Å². The van der Waals surface area contributed by atoms with Crippen molar-refractivity contribution in [1.29, 1.82) is 10.5 Å². The van der Waals surface area contributed by atoms with Gasteiger partial charge < -0.3 is 22.1 Å². The second-order valence-corrected chi connectivity index (χ2v) is 12.0. The number of nitrogens with two attached hydrogens (primary N) is 2. The highest BCUT2D eigenvalue weighted by Crippen LogP contribution is 2.25. The summed E-state index contributed by atoms with van der Waals surface area (Å²) in [6.07, 6.45) is 0. The van der Waals surface area contributed by atoms with Crippen LogP contribution in [0.2, 0.25) is 0 Å². The van der Waals surface area contributed by atoms with Gasteiger partial charge in [0.15, 0.2) is 5.96 Å². The summed E-state index contributed by atoms with van der Waals surface area (Å²) in [5.74, 6) is -1.31. The molecule has 0 unspecified atom stereocenters. The van der Waals surface area contributed by atoms with Gasteiger partial charge in [0.25, 0.3) is 20.2 Å². The Morgan fingerprint density at radius 2 is 1.50 bits per heavy atom. The standard InChI is InChI=1S/C20H21N9O8S3/c1-12(25-6-7-26-38(30,31)15-3-2-13(10-21)14(8-15)11-22)27-20(29-19(23)24)28-17-9-16(39(32,33)34)4-5-18(17)40(35,36)37/h2-5,8-9,25-26H,1,6-7H2,(H,32,33,34)(H,35,36,37)(H5,23,24,27,28,29). The lowest BCUT2D eigenvalue weighted by Gasteiger charge is -2.13. The fourth-order valence-corrected chi connectivity index (χ4v) is 5.03. The molecule has 212 valence electrons. The number of hydrogen-bond acceptors (Lipinski definition) is 10. The van der Waals surface area contributed by atoms with E-state index in [1.807, 2.05) is 0 Å². The second kappa shape index (κ2) is 12.5. The number of guanidine groups is 2. The van der Waals surface area contributed by atoms with Crippen LogP contribution in [-0.4, -0.2) is 59.4 Å². The van der Waals surface area contributed by atoms with Gasteiger partial charge in [-0.15, -0.1) is 0 Å². The van der Waals surface area contributed by atoms with Gasteiger partial charge in [0.2, 0.25) is 16.0 Å². The molecule has 0 fully saturated rings. The predicted molar refractivity (Wildman–Crippen MR) is 141 cm³/mol. The molecule has 0 heterocycles. The normalized spacial score (nSPS) is 12.1. The van der Waals surface area contributed by atoms with Crippen molar-refractivity contribution in [3.63, 3.8) is 0 Å². The zero-order valence-electron chi connectivity index (χ0n) is 20.1. The van der Waals surface area contributed by atoms with Crippen LogP contribution in [0.4, 0.5) is 5.69 Å². The van der Waals surface area contributed by atoms with E-state index in [0.29, 0.717) is 12.1 Å². The van der Waals surface area contributed by atoms with Crippen molar-refractivity contribution in [3.8, 4) is 12.1 Å². The number of anilines is 1. The molecular weight excluding hydrogens is 590 g/mol. The third-order valence-electron chi connectivity index (χ3n) is 4.54. The summed E-state index contributed by atoms with van der Waals surface area (Å²) < 4.78 is 92.4. The van der Waals surface area contributed by atoms with Crippen molar-refractivity contribution in [2.24, 2.45) is 21.5 Å². The average molecular weight is 612 g/mol. The molecule has 0 aliphatic heterocycles. The van der Waals surface area contributed by atoms with E-state index in [1.54, 1.807) is 12.1 Å². The first-order valence-corrected chi connectivity index (χ1v) is 14.8. The first kappa shape index (κ1) is 31.6. The molecule has 2 rings (SSSR count). The van der Waals surface area contributed by atoms with Crippen molar-refractivity contribution in [2.45, 2.75) is 14.7 Å². The molecular formula is C20H21N9O8S3. The lowest BCUT2D eigenvalue weighted by molar-refractivity contribution is 0.479. The lowest BCUT2D eigenvalue weighted by atomic mass is 10.1. The summed E-state index contributed by atoms with van der Waals surface area (Å²) in [6.45, 7) is 3.25. The molecule has 2 aromatic carbocycles. The van der Waals surface area contributed by atoms with Crippen molar-refractivity contribution in [3.05, 3.63) is 59.9 Å². The van der Waals surface area contributed by atoms with Crippen molar-refractivity contribution in [2.75, 3.05) is 18.4 Å². The van der Waals surface area contributed by atoms with Crippen LogP contribution in [0.25, 0.3) is 0 Å². The molecule has 40 heavy (non-hydrogen) atoms. The minimum atomic E-state index is -4.90. The summed E-state index contributed by atoms with van der Waals surface area (Å²) in [5.41, 5.74) is 10.0. The number of rotatable bonds is 10. The third-order valence-corrected chi connectivity index (χ3v) is 7.76. The summed E-state index contributed by atoms with van der Waals surface area (Å²) in [7, 11) is -13.7. The van der Waals surface area contributed by atoms with Crippen LogP contribution >= 0.6 is 0 Å². The number of hydrogen-bond donors (Lipinski definition) is 7. The molecule has 17 nitrogen and oxygen atoms in total. The highest BCUT2D eigenvalue weighted by Gasteiger charge is 2.21. The lowest BCUT2D eigenvalue weighted by Crippen LogP contribution is -2.32. The Bertz CT molecular complexity index is 1800. The van der Waals surface area contributed by atoms with Gasteiger partial charge in [0.05, 0.1) is 26.6 Å². The van der Waals surface area contributed by atoms with E-state index in [9.17, 15) is 34.4 Å². The Morgan fingerprint density at radius 3 is 2.05 bits per heavy atom. The fraction of sp³-hybridized carbons (Fsp3) is 0.100. The van der Waals surface area contributed by atoms with Crippen molar-refractivity contribution >= 4 is 47.9 Å². The van der Waals surface area contributed by atoms with E-state index in [4.69, 9.17) is 22.0 Å². The molecule has 0 aliphatic rings. The topological polar surface area (TPSA) is 303 Å². The molecule has 0 bridgehead atoms. The molecule has 0 spiro atoms. The number of nitrogens with one attached hydrogen (secondary N) is 3. The molecule has 0 aliphatic carbocycles. The molecule has 0 atom stereocenters. The first-order chi connectivity index (χ1) is 18.5. The Kier molecular flexibility index (Phi) is 9.91. The van der Waals surface area contributed by atoms with Gasteiger partial charge in [-0.1, -0.05) is 6.58 Å². The summed E-state index contributed by atoms with van der Waals surface area (Å²) in [5, 5.41) is 23.0. The van der Waals surface area contributed by atoms with Crippen LogP contribution in [0.5, 0.6) is 0 Å². The number of nitriles is 2. The smallest absolute Gasteiger partial charge is 0.296 e. The van der Waals surface area contributed by atoms with Crippen LogP contribution in [0.1, 0.15) is 11.1 Å². The van der Waals surface area contributed by atoms with E-state index in [2.05, 4.69) is 31.9 Å². The van der Waals surface area contributed by atoms with Gasteiger partial charge in [0, 0.05) is 13.1 Å². The van der Waals surface area contributed by atoms with Gasteiger partial charge in [-0.25, -0.2) is 13.1 Å². The monoisotopic (exact) mass is 611 g/mol. The molecule has 0 radical (unpaired) electrons. The maximum absolute atomic E-state index is 12.5. The minimum Gasteiger partial charge on any atom is -0.370 e. The van der Waals surface area contributed by atoms with Crippen molar-refractivity contribution in [1.82, 2.24) is 10.0 Å².